The molecule has 0 atom stereocenters. The van der Waals surface area contributed by atoms with E-state index >= 15 is 0 Å². The lowest BCUT2D eigenvalue weighted by Gasteiger charge is -2.43. The maximum absolute atomic E-state index is 7.70. The molecule has 0 bridgehead atoms. The first-order valence-electron chi connectivity index (χ1n) is 27.9. The van der Waals surface area contributed by atoms with Gasteiger partial charge in [-0.05, 0) is 177 Å². The summed E-state index contributed by atoms with van der Waals surface area (Å²) in [5.41, 5.74) is 26.7. The molecule has 3 heteroatoms. The molecule has 4 aliphatic rings. The van der Waals surface area contributed by atoms with E-state index < -0.39 is 5.41 Å². The van der Waals surface area contributed by atoms with Gasteiger partial charge in [0.1, 0.15) is 11.5 Å². The molecule has 2 heterocycles. The zero-order chi connectivity index (χ0) is 52.9. The van der Waals surface area contributed by atoms with Gasteiger partial charge < -0.3 is 9.64 Å². The molecule has 2 aliphatic heterocycles. The molecule has 0 radical (unpaired) electrons. The van der Waals surface area contributed by atoms with Crippen molar-refractivity contribution in [2.45, 2.75) is 156 Å². The van der Waals surface area contributed by atoms with Crippen molar-refractivity contribution in [2.24, 2.45) is 0 Å². The quantitative estimate of drug-likeness (QED) is 0.163. The van der Waals surface area contributed by atoms with Crippen molar-refractivity contribution >= 4 is 40.2 Å². The monoisotopic (exact) mass is 982 g/mol. The van der Waals surface area contributed by atoms with Gasteiger partial charge in [-0.2, -0.15) is 0 Å². The van der Waals surface area contributed by atoms with Crippen LogP contribution >= 0.6 is 0 Å². The molecule has 0 amide bonds. The van der Waals surface area contributed by atoms with Crippen LogP contribution in [-0.4, -0.2) is 6.71 Å². The summed E-state index contributed by atoms with van der Waals surface area (Å²) in [5.74, 6) is 1.90. The van der Waals surface area contributed by atoms with Gasteiger partial charge in [-0.15, -0.1) is 0 Å². The van der Waals surface area contributed by atoms with Crippen molar-refractivity contribution < 1.29 is 4.74 Å². The lowest BCUT2D eigenvalue weighted by molar-refractivity contribution is 0.482. The van der Waals surface area contributed by atoms with Crippen LogP contribution in [0, 0.1) is 0 Å². The number of fused-ring (bicyclic) bond motifs is 9. The van der Waals surface area contributed by atoms with Gasteiger partial charge in [0.2, 0.25) is 0 Å². The highest BCUT2D eigenvalue weighted by Gasteiger charge is 2.51. The third-order valence-electron chi connectivity index (χ3n) is 17.5. The minimum Gasteiger partial charge on any atom is -0.458 e. The molecule has 2 nitrogen and oxygen atoms in total. The van der Waals surface area contributed by atoms with E-state index in [4.69, 9.17) is 4.74 Å². The van der Waals surface area contributed by atoms with Crippen molar-refractivity contribution in [1.29, 1.82) is 0 Å². The van der Waals surface area contributed by atoms with Crippen LogP contribution in [0.1, 0.15) is 171 Å². The zero-order valence-electron chi connectivity index (χ0n) is 47.5. The Kier molecular flexibility index (Phi) is 11.0. The van der Waals surface area contributed by atoms with E-state index in [0.29, 0.717) is 0 Å². The summed E-state index contributed by atoms with van der Waals surface area (Å²) in [5, 5.41) is 0. The first-order chi connectivity index (χ1) is 35.3. The fourth-order valence-corrected chi connectivity index (χ4v) is 13.2. The van der Waals surface area contributed by atoms with Gasteiger partial charge in [0.25, 0.3) is 6.71 Å². The molecule has 0 saturated carbocycles. The number of benzene rings is 8. The maximum Gasteiger partial charge on any atom is 0.256 e. The summed E-state index contributed by atoms with van der Waals surface area (Å²) in [6.07, 6.45) is 3.40. The highest BCUT2D eigenvalue weighted by molar-refractivity contribution is 6.99. The Morgan fingerprint density at radius 2 is 0.987 bits per heavy atom. The molecule has 0 N–H and O–H groups in total. The predicted molar refractivity (Wildman–Crippen MR) is 321 cm³/mol. The highest BCUT2D eigenvalue weighted by Crippen LogP contribution is 2.60. The molecule has 12 rings (SSSR count). The second-order valence-corrected chi connectivity index (χ2v) is 27.7. The molecule has 0 fully saturated rings. The van der Waals surface area contributed by atoms with Gasteiger partial charge in [0.15, 0.2) is 0 Å². The number of nitrogens with zero attached hydrogens (tertiary/aromatic N) is 1. The van der Waals surface area contributed by atoms with E-state index in [2.05, 4.69) is 260 Å². The smallest absolute Gasteiger partial charge is 0.256 e. The second kappa shape index (κ2) is 16.7. The number of ether oxygens (including phenoxy) is 1. The van der Waals surface area contributed by atoms with Gasteiger partial charge in [-0.3, -0.25) is 0 Å². The van der Waals surface area contributed by atoms with E-state index in [1.54, 1.807) is 0 Å². The van der Waals surface area contributed by atoms with Gasteiger partial charge in [0, 0.05) is 16.9 Å². The van der Waals surface area contributed by atoms with Crippen LogP contribution in [0.5, 0.6) is 11.5 Å². The van der Waals surface area contributed by atoms with Crippen molar-refractivity contribution in [3.63, 3.8) is 0 Å². The van der Waals surface area contributed by atoms with E-state index in [1.165, 1.54) is 123 Å². The number of aryl methyl sites for hydroxylation is 1. The van der Waals surface area contributed by atoms with Gasteiger partial charge in [0.05, 0.1) is 11.1 Å². The minimum absolute atomic E-state index is 0.0421. The summed E-state index contributed by atoms with van der Waals surface area (Å²) in [6, 6.07) is 59.7. The first kappa shape index (κ1) is 49.3. The lowest BCUT2D eigenvalue weighted by Crippen LogP contribution is -2.60. The molecule has 2 aliphatic carbocycles. The number of anilines is 3. The van der Waals surface area contributed by atoms with Crippen LogP contribution in [0.2, 0.25) is 0 Å². The van der Waals surface area contributed by atoms with Crippen LogP contribution < -0.4 is 26.0 Å². The standard InChI is InChI=1S/C72H76BNO/c1-67(2,3)48-30-33-60(55(38-48)45-35-50(69(7,8)9)37-51(36-45)70(10,11)12)74-61-34-31-49(68(4,5)6)39-58(61)73-59-42-56-54-32-29-44-23-22-28-53(44)65(54)72(46-24-18-16-19-25-46,47-26-20-17-21-27-47)57(56)43-63(59)75-64-41-52(71(13,14)15)40-62(74)66(64)73/h16-21,24-27,29-43H,22-23,28H2,1-15H3. The lowest BCUT2D eigenvalue weighted by atomic mass is 9.33. The van der Waals surface area contributed by atoms with Crippen molar-refractivity contribution in [3.05, 3.63) is 213 Å². The Morgan fingerprint density at radius 1 is 0.427 bits per heavy atom. The molecule has 378 valence electrons. The summed E-state index contributed by atoms with van der Waals surface area (Å²) < 4.78 is 7.70. The highest BCUT2D eigenvalue weighted by atomic mass is 16.5. The second-order valence-electron chi connectivity index (χ2n) is 27.7. The number of hydrogen-bond acceptors (Lipinski definition) is 2. The Labute approximate surface area is 449 Å². The fraction of sp³-hybridized carbons (Fsp3) is 0.333. The van der Waals surface area contributed by atoms with Crippen LogP contribution in [0.25, 0.3) is 22.3 Å². The van der Waals surface area contributed by atoms with E-state index in [1.807, 2.05) is 0 Å². The average Bonchev–Trinajstić information content (AvgIpc) is 3.96. The van der Waals surface area contributed by atoms with Gasteiger partial charge in [-0.25, -0.2) is 0 Å². The molecule has 0 unspecified atom stereocenters. The SMILES string of the molecule is CC(C)(C)c1cc(-c2cc(C(C)(C)C)ccc2N2c3ccc(C(C)(C)C)cc3B3c4cc5c(cc4Oc4cc(C(C)(C)C)cc2c43)C(c2ccccc2)(c2ccccc2)c2c-5ccc3c2CCC3)cc(C(C)(C)C)c1. The van der Waals surface area contributed by atoms with Crippen LogP contribution in [0.3, 0.4) is 0 Å². The molecule has 8 aromatic carbocycles. The summed E-state index contributed by atoms with van der Waals surface area (Å²) >= 11 is 0. The van der Waals surface area contributed by atoms with Gasteiger partial charge in [-0.1, -0.05) is 219 Å². The Balaban J connectivity index is 1.18. The van der Waals surface area contributed by atoms with Crippen molar-refractivity contribution in [2.75, 3.05) is 4.90 Å². The van der Waals surface area contributed by atoms with E-state index in [0.717, 1.165) is 24.3 Å². The fourth-order valence-electron chi connectivity index (χ4n) is 13.2. The zero-order valence-corrected chi connectivity index (χ0v) is 47.5. The van der Waals surface area contributed by atoms with Crippen molar-refractivity contribution in [3.8, 4) is 33.8 Å². The number of hydrogen-bond donors (Lipinski definition) is 0. The van der Waals surface area contributed by atoms with Gasteiger partial charge >= 0.3 is 0 Å². The Bertz CT molecular complexity index is 3550. The molecule has 0 spiro atoms. The third-order valence-corrected chi connectivity index (χ3v) is 17.5. The summed E-state index contributed by atoms with van der Waals surface area (Å²) in [6.45, 7) is 35.2. The van der Waals surface area contributed by atoms with Crippen LogP contribution in [0.15, 0.2) is 152 Å². The Hall–Kier alpha value is -6.58. The molecule has 0 aromatic heterocycles. The van der Waals surface area contributed by atoms with Crippen molar-refractivity contribution in [1.82, 2.24) is 0 Å². The Morgan fingerprint density at radius 3 is 1.57 bits per heavy atom. The molecular formula is C72H76BNO. The van der Waals surface area contributed by atoms with E-state index in [-0.39, 0.29) is 33.8 Å². The summed E-state index contributed by atoms with van der Waals surface area (Å²) in [7, 11) is 0. The molecule has 0 saturated heterocycles. The molecular weight excluding hydrogens is 906 g/mol. The summed E-state index contributed by atoms with van der Waals surface area (Å²) in [4.78, 5) is 2.63. The largest absolute Gasteiger partial charge is 0.458 e. The molecule has 75 heavy (non-hydrogen) atoms. The third kappa shape index (κ3) is 7.79. The maximum atomic E-state index is 7.70. The van der Waals surface area contributed by atoms with Crippen LogP contribution in [0.4, 0.5) is 17.1 Å². The predicted octanol–water partition coefficient (Wildman–Crippen LogP) is 17.1. The topological polar surface area (TPSA) is 12.5 Å². The average molecular weight is 982 g/mol. The van der Waals surface area contributed by atoms with Crippen LogP contribution in [-0.2, 0) is 45.3 Å². The minimum atomic E-state index is -0.520. The first-order valence-corrected chi connectivity index (χ1v) is 27.9. The number of rotatable bonds is 4. The normalized spacial score (nSPS) is 15.4. The molecule has 8 aromatic rings. The van der Waals surface area contributed by atoms with E-state index in [9.17, 15) is 0 Å².